The van der Waals surface area contributed by atoms with Gasteiger partial charge in [0, 0.05) is 5.92 Å². The highest BCUT2D eigenvalue weighted by molar-refractivity contribution is 6.16. The molecule has 1 aromatic heterocycles. The maximum Gasteiger partial charge on any atom is 0.293 e. The summed E-state index contributed by atoms with van der Waals surface area (Å²) in [4.78, 5) is 13.9. The number of carbonyl (C=O) groups excluding carboxylic acids is 1. The van der Waals surface area contributed by atoms with E-state index in [1.54, 1.807) is 6.26 Å². The number of aromatic nitrogens is 1. The van der Waals surface area contributed by atoms with E-state index in [2.05, 4.69) is 15.0 Å². The normalized spacial score (nSPS) is 16.2. The second-order valence-corrected chi connectivity index (χ2v) is 5.93. The van der Waals surface area contributed by atoms with Crippen molar-refractivity contribution in [1.29, 1.82) is 0 Å². The lowest BCUT2D eigenvalue weighted by molar-refractivity contribution is -0.138. The molecule has 5 nitrogen and oxygen atoms in total. The number of alkyl halides is 1. The fourth-order valence-electron chi connectivity index (χ4n) is 1.78. The van der Waals surface area contributed by atoms with Crippen LogP contribution in [0.1, 0.15) is 51.1 Å². The number of oxazole rings is 1. The highest BCUT2D eigenvalue weighted by Gasteiger charge is 2.19. The third-order valence-corrected chi connectivity index (χ3v) is 3.07. The second-order valence-electron chi connectivity index (χ2n) is 5.66. The topological polar surface area (TPSA) is 64.4 Å². The van der Waals surface area contributed by atoms with Gasteiger partial charge in [-0.05, 0) is 46.7 Å². The Morgan fingerprint density at radius 2 is 2.15 bits per heavy atom. The van der Waals surface area contributed by atoms with Gasteiger partial charge in [-0.1, -0.05) is 0 Å². The summed E-state index contributed by atoms with van der Waals surface area (Å²) < 4.78 is 9.92. The van der Waals surface area contributed by atoms with Crippen LogP contribution in [0.15, 0.2) is 10.7 Å². The van der Waals surface area contributed by atoms with Gasteiger partial charge in [0.25, 0.3) is 6.47 Å². The van der Waals surface area contributed by atoms with Crippen molar-refractivity contribution in [2.75, 3.05) is 13.1 Å². The molecule has 114 valence electrons. The molecule has 1 fully saturated rings. The number of carbonyl (C=O) groups is 1. The van der Waals surface area contributed by atoms with E-state index in [1.807, 2.05) is 20.8 Å². The van der Waals surface area contributed by atoms with Crippen molar-refractivity contribution in [2.45, 2.75) is 51.0 Å². The van der Waals surface area contributed by atoms with Crippen molar-refractivity contribution < 1.29 is 13.9 Å². The Kier molecular flexibility index (Phi) is 7.02. The summed E-state index contributed by atoms with van der Waals surface area (Å²) in [6.45, 7) is 8.04. The van der Waals surface area contributed by atoms with Crippen LogP contribution in [0.4, 0.5) is 0 Å². The molecule has 1 saturated heterocycles. The van der Waals surface area contributed by atoms with Crippen LogP contribution < -0.4 is 5.32 Å². The quantitative estimate of drug-likeness (QED) is 0.687. The summed E-state index contributed by atoms with van der Waals surface area (Å²) in [5.74, 6) is 1.78. The molecule has 1 aliphatic rings. The predicted molar refractivity (Wildman–Crippen MR) is 77.8 cm³/mol. The summed E-state index contributed by atoms with van der Waals surface area (Å²) in [6.07, 6.45) is 3.88. The molecule has 0 saturated carbocycles. The van der Waals surface area contributed by atoms with E-state index in [-0.39, 0.29) is 5.60 Å². The van der Waals surface area contributed by atoms with Crippen molar-refractivity contribution >= 4 is 18.1 Å². The Balaban J connectivity index is 0.000000246. The molecule has 1 aliphatic heterocycles. The third kappa shape index (κ3) is 6.39. The highest BCUT2D eigenvalue weighted by Crippen LogP contribution is 2.24. The SMILES string of the molecule is CC(C)(C)OC=O.ClCc1coc(C2CCNCC2)n1. The van der Waals surface area contributed by atoms with Gasteiger partial charge in [-0.2, -0.15) is 0 Å². The molecule has 20 heavy (non-hydrogen) atoms. The van der Waals surface area contributed by atoms with Crippen LogP contribution in [0.25, 0.3) is 0 Å². The van der Waals surface area contributed by atoms with E-state index in [9.17, 15) is 4.79 Å². The lowest BCUT2D eigenvalue weighted by Gasteiger charge is -2.19. The minimum atomic E-state index is -0.318. The monoisotopic (exact) mass is 302 g/mol. The van der Waals surface area contributed by atoms with Gasteiger partial charge in [0.15, 0.2) is 5.89 Å². The molecule has 2 heterocycles. The van der Waals surface area contributed by atoms with Crippen molar-refractivity contribution in [3.8, 4) is 0 Å². The summed E-state index contributed by atoms with van der Waals surface area (Å²) in [7, 11) is 0. The van der Waals surface area contributed by atoms with Gasteiger partial charge in [0.2, 0.25) is 0 Å². The Morgan fingerprint density at radius 1 is 1.50 bits per heavy atom. The number of piperidine rings is 1. The number of ether oxygens (including phenoxy) is 1. The maximum atomic E-state index is 9.60. The van der Waals surface area contributed by atoms with E-state index in [0.717, 1.165) is 37.5 Å². The average Bonchev–Trinajstić information content (AvgIpc) is 2.88. The van der Waals surface area contributed by atoms with Crippen LogP contribution in [-0.4, -0.2) is 30.1 Å². The van der Waals surface area contributed by atoms with Crippen LogP contribution in [0, 0.1) is 0 Å². The first-order valence-electron chi connectivity index (χ1n) is 6.78. The Labute approximate surface area is 125 Å². The molecule has 0 spiro atoms. The first-order valence-corrected chi connectivity index (χ1v) is 7.32. The number of nitrogens with one attached hydrogen (secondary N) is 1. The van der Waals surface area contributed by atoms with Gasteiger partial charge in [0.05, 0.1) is 11.6 Å². The van der Waals surface area contributed by atoms with E-state index in [1.165, 1.54) is 0 Å². The molecule has 0 aliphatic carbocycles. The van der Waals surface area contributed by atoms with Crippen molar-refractivity contribution in [3.63, 3.8) is 0 Å². The summed E-state index contributed by atoms with van der Waals surface area (Å²) >= 11 is 5.64. The standard InChI is InChI=1S/C9H13ClN2O.C5H10O2/c10-5-8-6-13-9(12-8)7-1-3-11-4-2-7;1-5(2,3)7-4-6/h6-7,11H,1-5H2;4H,1-3H3. The highest BCUT2D eigenvalue weighted by atomic mass is 35.5. The van der Waals surface area contributed by atoms with Gasteiger partial charge in [-0.15, -0.1) is 11.6 Å². The summed E-state index contributed by atoms with van der Waals surface area (Å²) in [5.41, 5.74) is 0.525. The maximum absolute atomic E-state index is 9.60. The Bertz CT molecular complexity index is 395. The van der Waals surface area contributed by atoms with Crippen molar-refractivity contribution in [3.05, 3.63) is 17.8 Å². The minimum absolute atomic E-state index is 0.318. The molecule has 0 aromatic carbocycles. The summed E-state index contributed by atoms with van der Waals surface area (Å²) in [6, 6.07) is 0. The number of rotatable bonds is 3. The molecule has 0 atom stereocenters. The molecule has 1 N–H and O–H groups in total. The van der Waals surface area contributed by atoms with E-state index >= 15 is 0 Å². The van der Waals surface area contributed by atoms with Gasteiger partial charge in [-0.3, -0.25) is 4.79 Å². The van der Waals surface area contributed by atoms with Gasteiger partial charge in [-0.25, -0.2) is 4.98 Å². The van der Waals surface area contributed by atoms with Crippen LogP contribution in [0.2, 0.25) is 0 Å². The predicted octanol–water partition coefficient (Wildman–Crippen LogP) is 2.84. The second kappa shape index (κ2) is 8.27. The average molecular weight is 303 g/mol. The van der Waals surface area contributed by atoms with Crippen molar-refractivity contribution in [1.82, 2.24) is 10.3 Å². The fourth-order valence-corrected chi connectivity index (χ4v) is 1.91. The third-order valence-electron chi connectivity index (χ3n) is 2.80. The van der Waals surface area contributed by atoms with Gasteiger partial charge < -0.3 is 14.5 Å². The van der Waals surface area contributed by atoms with Crippen LogP contribution in [0.5, 0.6) is 0 Å². The van der Waals surface area contributed by atoms with Crippen molar-refractivity contribution in [2.24, 2.45) is 0 Å². The van der Waals surface area contributed by atoms with E-state index < -0.39 is 0 Å². The first kappa shape index (κ1) is 17.0. The van der Waals surface area contributed by atoms with Crippen LogP contribution in [0.3, 0.4) is 0 Å². The zero-order valence-corrected chi connectivity index (χ0v) is 13.1. The van der Waals surface area contributed by atoms with Crippen LogP contribution in [-0.2, 0) is 15.4 Å². The van der Waals surface area contributed by atoms with Gasteiger partial charge >= 0.3 is 0 Å². The van der Waals surface area contributed by atoms with E-state index in [4.69, 9.17) is 16.0 Å². The number of nitrogens with zero attached hydrogens (tertiary/aromatic N) is 1. The molecule has 0 amide bonds. The molecule has 0 unspecified atom stereocenters. The lowest BCUT2D eigenvalue weighted by atomic mass is 9.98. The minimum Gasteiger partial charge on any atom is -0.462 e. The van der Waals surface area contributed by atoms with Crippen LogP contribution >= 0.6 is 11.6 Å². The zero-order chi connectivity index (χ0) is 15.0. The first-order chi connectivity index (χ1) is 9.46. The fraction of sp³-hybridized carbons (Fsp3) is 0.714. The molecule has 6 heteroatoms. The van der Waals surface area contributed by atoms with Gasteiger partial charge in [0.1, 0.15) is 11.9 Å². The zero-order valence-electron chi connectivity index (χ0n) is 12.3. The summed E-state index contributed by atoms with van der Waals surface area (Å²) in [5, 5.41) is 3.31. The molecule has 1 aromatic rings. The molecular formula is C14H23ClN2O3. The molecule has 0 radical (unpaired) electrons. The Hall–Kier alpha value is -1.07. The number of hydrogen-bond acceptors (Lipinski definition) is 5. The van der Waals surface area contributed by atoms with E-state index in [0.29, 0.717) is 18.3 Å². The molecule has 2 rings (SSSR count). The number of halogens is 1. The number of hydrogen-bond donors (Lipinski definition) is 1. The smallest absolute Gasteiger partial charge is 0.293 e. The largest absolute Gasteiger partial charge is 0.462 e. The molecule has 0 bridgehead atoms. The lowest BCUT2D eigenvalue weighted by Crippen LogP contribution is -2.26. The Morgan fingerprint density at radius 3 is 2.55 bits per heavy atom. The molecular weight excluding hydrogens is 280 g/mol.